The van der Waals surface area contributed by atoms with Crippen molar-refractivity contribution in [3.63, 3.8) is 0 Å². The molecule has 0 saturated carbocycles. The molecule has 4 aromatic rings. The van der Waals surface area contributed by atoms with Gasteiger partial charge in [-0.05, 0) is 109 Å². The number of carboxylic acids is 1. The quantitative estimate of drug-likeness (QED) is 0.231. The van der Waals surface area contributed by atoms with Crippen LogP contribution in [0.4, 0.5) is 16.2 Å². The van der Waals surface area contributed by atoms with Gasteiger partial charge in [-0.1, -0.05) is 30.3 Å². The van der Waals surface area contributed by atoms with E-state index in [1.807, 2.05) is 43.3 Å². The van der Waals surface area contributed by atoms with Gasteiger partial charge < -0.3 is 25.2 Å². The zero-order valence-electron chi connectivity index (χ0n) is 21.9. The van der Waals surface area contributed by atoms with E-state index in [1.165, 1.54) is 24.7 Å². The van der Waals surface area contributed by atoms with Crippen molar-refractivity contribution in [1.82, 2.24) is 0 Å². The molecule has 0 saturated heterocycles. The fourth-order valence-electron chi connectivity index (χ4n) is 4.86. The van der Waals surface area contributed by atoms with Crippen LogP contribution in [0.25, 0.3) is 11.1 Å². The Bertz CT molecular complexity index is 1550. The molecule has 2 amide bonds. The Hall–Kier alpha value is -4.78. The third kappa shape index (κ3) is 6.04. The molecule has 0 heterocycles. The monoisotopic (exact) mass is 522 g/mol. The molecule has 1 aliphatic rings. The Labute approximate surface area is 227 Å². The fraction of sp³-hybridized carbons (Fsp3) is 0.188. The highest BCUT2D eigenvalue weighted by Crippen LogP contribution is 2.36. The summed E-state index contributed by atoms with van der Waals surface area (Å²) in [5.41, 5.74) is 6.22. The number of anilines is 2. The SMILES string of the molecule is COc1ccc(-c2ccc(Oc3ccc4c(c3)CCCC4)c(NC(=O)Nc3cccc(C)c3)c2)cc1C(=O)O. The Morgan fingerprint density at radius 3 is 2.28 bits per heavy atom. The third-order valence-corrected chi connectivity index (χ3v) is 6.81. The van der Waals surface area contributed by atoms with Crippen LogP contribution in [0.3, 0.4) is 0 Å². The van der Waals surface area contributed by atoms with E-state index in [-0.39, 0.29) is 11.3 Å². The topological polar surface area (TPSA) is 96.9 Å². The predicted octanol–water partition coefficient (Wildman–Crippen LogP) is 7.68. The summed E-state index contributed by atoms with van der Waals surface area (Å²) in [6, 6.07) is 23.6. The van der Waals surface area contributed by atoms with Crippen LogP contribution in [0.2, 0.25) is 0 Å². The molecule has 39 heavy (non-hydrogen) atoms. The van der Waals surface area contributed by atoms with E-state index in [0.717, 1.165) is 24.8 Å². The maximum absolute atomic E-state index is 13.0. The van der Waals surface area contributed by atoms with Gasteiger partial charge in [0.25, 0.3) is 0 Å². The van der Waals surface area contributed by atoms with Crippen LogP contribution >= 0.6 is 0 Å². The van der Waals surface area contributed by atoms with Gasteiger partial charge in [0, 0.05) is 5.69 Å². The van der Waals surface area contributed by atoms with E-state index in [4.69, 9.17) is 9.47 Å². The van der Waals surface area contributed by atoms with E-state index in [9.17, 15) is 14.7 Å². The van der Waals surface area contributed by atoms with Crippen LogP contribution in [0.1, 0.15) is 39.9 Å². The summed E-state index contributed by atoms with van der Waals surface area (Å²) in [5.74, 6) is 0.357. The van der Waals surface area contributed by atoms with Gasteiger partial charge in [0.1, 0.15) is 17.1 Å². The minimum Gasteiger partial charge on any atom is -0.496 e. The maximum Gasteiger partial charge on any atom is 0.339 e. The lowest BCUT2D eigenvalue weighted by molar-refractivity contribution is 0.0693. The minimum atomic E-state index is -1.09. The molecular formula is C32H30N2O5. The van der Waals surface area contributed by atoms with Crippen molar-refractivity contribution in [2.24, 2.45) is 0 Å². The number of aromatic carboxylic acids is 1. The number of hydrogen-bond donors (Lipinski definition) is 3. The molecule has 3 N–H and O–H groups in total. The van der Waals surface area contributed by atoms with E-state index >= 15 is 0 Å². The fourth-order valence-corrected chi connectivity index (χ4v) is 4.86. The second-order valence-electron chi connectivity index (χ2n) is 9.62. The summed E-state index contributed by atoms with van der Waals surface area (Å²) in [6.07, 6.45) is 4.47. The number of ether oxygens (including phenoxy) is 2. The highest BCUT2D eigenvalue weighted by atomic mass is 16.5. The molecule has 0 fully saturated rings. The van der Waals surface area contributed by atoms with Crippen LogP contribution < -0.4 is 20.1 Å². The average molecular weight is 523 g/mol. The Morgan fingerprint density at radius 2 is 1.54 bits per heavy atom. The summed E-state index contributed by atoms with van der Waals surface area (Å²) >= 11 is 0. The van der Waals surface area contributed by atoms with Crippen molar-refractivity contribution >= 4 is 23.4 Å². The summed E-state index contributed by atoms with van der Waals surface area (Å²) in [4.78, 5) is 24.8. The van der Waals surface area contributed by atoms with Crippen LogP contribution in [-0.2, 0) is 12.8 Å². The number of carbonyl (C=O) groups is 2. The number of urea groups is 1. The largest absolute Gasteiger partial charge is 0.496 e. The Kier molecular flexibility index (Phi) is 7.50. The van der Waals surface area contributed by atoms with Crippen molar-refractivity contribution < 1.29 is 24.2 Å². The van der Waals surface area contributed by atoms with Crippen molar-refractivity contribution in [2.45, 2.75) is 32.6 Å². The normalized spacial score (nSPS) is 12.3. The van der Waals surface area contributed by atoms with Gasteiger partial charge in [-0.3, -0.25) is 0 Å². The molecule has 0 radical (unpaired) electrons. The number of fused-ring (bicyclic) bond motifs is 1. The van der Waals surface area contributed by atoms with Crippen LogP contribution in [0, 0.1) is 6.92 Å². The number of nitrogens with one attached hydrogen (secondary N) is 2. The minimum absolute atomic E-state index is 0.0519. The standard InChI is InChI=1S/C32H30N2O5/c1-20-6-5-9-25(16-20)33-32(37)34-28-19-24(23-11-14-29(38-2)27(18-23)31(35)36)12-15-30(28)39-26-13-10-21-7-3-4-8-22(21)17-26/h5-6,9-19H,3-4,7-8H2,1-2H3,(H,35,36)(H2,33,34,37). The zero-order valence-corrected chi connectivity index (χ0v) is 21.9. The van der Waals surface area contributed by atoms with Gasteiger partial charge in [0.15, 0.2) is 5.75 Å². The van der Waals surface area contributed by atoms with Gasteiger partial charge in [-0.2, -0.15) is 0 Å². The molecular weight excluding hydrogens is 492 g/mol. The number of methoxy groups -OCH3 is 1. The van der Waals surface area contributed by atoms with Gasteiger partial charge in [-0.25, -0.2) is 9.59 Å². The molecule has 0 unspecified atom stereocenters. The number of rotatable bonds is 7. The van der Waals surface area contributed by atoms with Crippen molar-refractivity contribution in [2.75, 3.05) is 17.7 Å². The average Bonchev–Trinajstić information content (AvgIpc) is 2.93. The number of amides is 2. The van der Waals surface area contributed by atoms with Gasteiger partial charge in [0.2, 0.25) is 0 Å². The molecule has 0 bridgehead atoms. The highest BCUT2D eigenvalue weighted by molar-refractivity contribution is 6.01. The molecule has 7 heteroatoms. The van der Waals surface area contributed by atoms with Crippen LogP contribution in [-0.4, -0.2) is 24.2 Å². The van der Waals surface area contributed by atoms with E-state index in [1.54, 1.807) is 30.3 Å². The lowest BCUT2D eigenvalue weighted by Gasteiger charge is -2.18. The Balaban J connectivity index is 1.48. The first-order valence-electron chi connectivity index (χ1n) is 12.9. The number of carboxylic acid groups (broad SMARTS) is 1. The van der Waals surface area contributed by atoms with Crippen molar-refractivity contribution in [1.29, 1.82) is 0 Å². The maximum atomic E-state index is 13.0. The van der Waals surface area contributed by atoms with Crippen molar-refractivity contribution in [3.05, 3.63) is 101 Å². The van der Waals surface area contributed by atoms with Gasteiger partial charge >= 0.3 is 12.0 Å². The lowest BCUT2D eigenvalue weighted by atomic mass is 9.92. The number of carbonyl (C=O) groups excluding carboxylic acids is 1. The number of hydrogen-bond acceptors (Lipinski definition) is 4. The smallest absolute Gasteiger partial charge is 0.339 e. The van der Waals surface area contributed by atoms with Crippen LogP contribution in [0.5, 0.6) is 17.2 Å². The Morgan fingerprint density at radius 1 is 0.795 bits per heavy atom. The first-order chi connectivity index (χ1) is 18.9. The van der Waals surface area contributed by atoms with Gasteiger partial charge in [0.05, 0.1) is 12.8 Å². The second-order valence-corrected chi connectivity index (χ2v) is 9.62. The summed E-state index contributed by atoms with van der Waals surface area (Å²) in [7, 11) is 1.43. The molecule has 0 aliphatic heterocycles. The van der Waals surface area contributed by atoms with Crippen LogP contribution in [0.15, 0.2) is 78.9 Å². The highest BCUT2D eigenvalue weighted by Gasteiger charge is 2.16. The first kappa shape index (κ1) is 25.9. The number of benzene rings is 4. The van der Waals surface area contributed by atoms with Gasteiger partial charge in [-0.15, -0.1) is 0 Å². The molecule has 198 valence electrons. The molecule has 0 spiro atoms. The molecule has 7 nitrogen and oxygen atoms in total. The second kappa shape index (κ2) is 11.3. The molecule has 4 aromatic carbocycles. The molecule has 0 aromatic heterocycles. The van der Waals surface area contributed by atoms with E-state index in [0.29, 0.717) is 34.0 Å². The molecule has 1 aliphatic carbocycles. The summed E-state index contributed by atoms with van der Waals surface area (Å²) in [5, 5.41) is 15.4. The molecule has 5 rings (SSSR count). The lowest BCUT2D eigenvalue weighted by Crippen LogP contribution is -2.19. The molecule has 0 atom stereocenters. The number of aryl methyl sites for hydroxylation is 3. The van der Waals surface area contributed by atoms with Crippen molar-refractivity contribution in [3.8, 4) is 28.4 Å². The predicted molar refractivity (Wildman–Crippen MR) is 152 cm³/mol. The van der Waals surface area contributed by atoms with E-state index in [2.05, 4.69) is 22.8 Å². The van der Waals surface area contributed by atoms with E-state index < -0.39 is 12.0 Å². The zero-order chi connectivity index (χ0) is 27.4. The first-order valence-corrected chi connectivity index (χ1v) is 12.9. The summed E-state index contributed by atoms with van der Waals surface area (Å²) < 4.78 is 11.5. The summed E-state index contributed by atoms with van der Waals surface area (Å²) in [6.45, 7) is 1.96. The third-order valence-electron chi connectivity index (χ3n) is 6.81.